The molecule has 0 fully saturated rings. The van der Waals surface area contributed by atoms with Gasteiger partial charge < -0.3 is 14.6 Å². The number of benzene rings is 1. The van der Waals surface area contributed by atoms with Crippen LogP contribution in [0.5, 0.6) is 11.5 Å². The number of nitrogens with zero attached hydrogens (tertiary/aromatic N) is 1. The van der Waals surface area contributed by atoms with E-state index >= 15 is 0 Å². The summed E-state index contributed by atoms with van der Waals surface area (Å²) in [7, 11) is 3.14. The number of hydrogen-bond donors (Lipinski definition) is 3. The molecule has 3 N–H and O–H groups in total. The van der Waals surface area contributed by atoms with Crippen LogP contribution in [0.2, 0.25) is 0 Å². The first-order valence-electron chi connectivity index (χ1n) is 6.12. The molecular formula is C13H17N3O4. The fourth-order valence-electron chi connectivity index (χ4n) is 1.89. The maximum atomic E-state index is 11.3. The van der Waals surface area contributed by atoms with E-state index < -0.39 is 6.04 Å². The van der Waals surface area contributed by atoms with Crippen molar-refractivity contribution < 1.29 is 19.4 Å². The van der Waals surface area contributed by atoms with Gasteiger partial charge in [0, 0.05) is 6.42 Å². The van der Waals surface area contributed by atoms with Gasteiger partial charge in [-0.1, -0.05) is 6.07 Å². The molecule has 0 spiro atoms. The maximum absolute atomic E-state index is 11.3. The average Bonchev–Trinajstić information content (AvgIpc) is 2.49. The molecule has 0 saturated heterocycles. The molecule has 7 nitrogen and oxygen atoms in total. The molecule has 1 aliphatic rings. The fraction of sp³-hybridized carbons (Fsp3) is 0.385. The molecule has 0 saturated carbocycles. The van der Waals surface area contributed by atoms with Gasteiger partial charge in [0.2, 0.25) is 0 Å². The number of amidine groups is 1. The van der Waals surface area contributed by atoms with Gasteiger partial charge >= 0.3 is 0 Å². The van der Waals surface area contributed by atoms with Crippen LogP contribution >= 0.6 is 0 Å². The van der Waals surface area contributed by atoms with E-state index in [4.69, 9.17) is 14.6 Å². The monoisotopic (exact) mass is 279 g/mol. The highest BCUT2D eigenvalue weighted by atomic mass is 16.5. The van der Waals surface area contributed by atoms with Gasteiger partial charge in [0.05, 0.1) is 20.8 Å². The molecule has 0 aliphatic carbocycles. The molecule has 108 valence electrons. The molecule has 1 aliphatic heterocycles. The van der Waals surface area contributed by atoms with Crippen LogP contribution in [0.3, 0.4) is 0 Å². The van der Waals surface area contributed by atoms with Crippen LogP contribution in [0.15, 0.2) is 23.2 Å². The second-order valence-corrected chi connectivity index (χ2v) is 4.25. The highest BCUT2D eigenvalue weighted by Gasteiger charge is 2.22. The Hall–Kier alpha value is -2.28. The van der Waals surface area contributed by atoms with Crippen LogP contribution < -0.4 is 20.3 Å². The van der Waals surface area contributed by atoms with Crippen LogP contribution in [0.1, 0.15) is 5.56 Å². The van der Waals surface area contributed by atoms with Crippen molar-refractivity contribution in [2.45, 2.75) is 12.5 Å². The lowest BCUT2D eigenvalue weighted by atomic mass is 10.1. The number of amides is 1. The molecular weight excluding hydrogens is 262 g/mol. The Balaban J connectivity index is 2.16. The molecule has 1 aromatic rings. The number of aliphatic hydroxyl groups is 1. The summed E-state index contributed by atoms with van der Waals surface area (Å²) in [6.45, 7) is -0.317. The molecule has 1 heterocycles. The topological polar surface area (TPSA) is 92.2 Å². The van der Waals surface area contributed by atoms with Gasteiger partial charge in [-0.2, -0.15) is 0 Å². The fourth-order valence-corrected chi connectivity index (χ4v) is 1.89. The summed E-state index contributed by atoms with van der Waals surface area (Å²) in [6, 6.07) is 4.77. The van der Waals surface area contributed by atoms with E-state index in [1.54, 1.807) is 20.3 Å². The Labute approximate surface area is 116 Å². The summed E-state index contributed by atoms with van der Waals surface area (Å²) in [5, 5.41) is 9.06. The lowest BCUT2D eigenvalue weighted by Crippen LogP contribution is -2.52. The quantitative estimate of drug-likeness (QED) is 0.684. The minimum Gasteiger partial charge on any atom is -0.493 e. The molecule has 2 rings (SSSR count). The van der Waals surface area contributed by atoms with Gasteiger partial charge in [-0.05, 0) is 17.7 Å². The number of carbonyl (C=O) groups is 1. The first-order chi connectivity index (χ1) is 9.67. The average molecular weight is 279 g/mol. The lowest BCUT2D eigenvalue weighted by Gasteiger charge is -2.21. The number of rotatable bonds is 5. The Bertz CT molecular complexity index is 530. The van der Waals surface area contributed by atoms with Crippen LogP contribution in [-0.2, 0) is 11.2 Å². The zero-order valence-corrected chi connectivity index (χ0v) is 11.3. The third kappa shape index (κ3) is 3.00. The van der Waals surface area contributed by atoms with Crippen molar-refractivity contribution >= 4 is 11.7 Å². The van der Waals surface area contributed by atoms with E-state index in [0.717, 1.165) is 5.56 Å². The van der Waals surface area contributed by atoms with Gasteiger partial charge in [0.15, 0.2) is 17.5 Å². The second-order valence-electron chi connectivity index (χ2n) is 4.25. The minimum absolute atomic E-state index is 0.317. The van der Waals surface area contributed by atoms with Gasteiger partial charge in [-0.15, -0.1) is 0 Å². The largest absolute Gasteiger partial charge is 0.493 e. The summed E-state index contributed by atoms with van der Waals surface area (Å²) in [5.41, 5.74) is 6.13. The van der Waals surface area contributed by atoms with Crippen molar-refractivity contribution in [3.05, 3.63) is 23.8 Å². The van der Waals surface area contributed by atoms with E-state index in [1.807, 2.05) is 12.1 Å². The number of ether oxygens (including phenoxy) is 2. The smallest absolute Gasteiger partial charge is 0.265 e. The Morgan fingerprint density at radius 3 is 2.65 bits per heavy atom. The molecule has 1 unspecified atom stereocenters. The summed E-state index contributed by atoms with van der Waals surface area (Å²) in [4.78, 5) is 15.5. The number of nitrogens with one attached hydrogen (secondary N) is 2. The number of methoxy groups -OCH3 is 2. The van der Waals surface area contributed by atoms with E-state index in [0.29, 0.717) is 23.8 Å². The predicted molar refractivity (Wildman–Crippen MR) is 72.8 cm³/mol. The van der Waals surface area contributed by atoms with Gasteiger partial charge in [0.1, 0.15) is 5.84 Å². The number of hydrogen-bond acceptors (Lipinski definition) is 6. The van der Waals surface area contributed by atoms with Crippen LogP contribution in [0, 0.1) is 0 Å². The number of carbonyl (C=O) groups excluding carboxylic acids is 1. The molecule has 0 radical (unpaired) electrons. The molecule has 1 amide bonds. The Kier molecular flexibility index (Phi) is 4.41. The molecule has 0 bridgehead atoms. The molecule has 1 atom stereocenters. The van der Waals surface area contributed by atoms with Crippen molar-refractivity contribution in [3.8, 4) is 11.5 Å². The van der Waals surface area contributed by atoms with Gasteiger partial charge in [-0.3, -0.25) is 20.6 Å². The Morgan fingerprint density at radius 1 is 1.25 bits per heavy atom. The zero-order chi connectivity index (χ0) is 14.5. The number of aliphatic imine (C=N–C) groups is 1. The standard InChI is InChI=1S/C13H17N3O4/c1-19-10-4-3-8(5-11(10)20-2)6-12-14-9(7-17)13(18)16-15-12/h3-5,9,17H,6-7H2,1-2H3,(H,14,15)(H,16,18). The van der Waals surface area contributed by atoms with Gasteiger partial charge in [-0.25, -0.2) is 0 Å². The summed E-state index contributed by atoms with van der Waals surface area (Å²) < 4.78 is 10.4. The lowest BCUT2D eigenvalue weighted by molar-refractivity contribution is -0.124. The molecule has 1 aromatic carbocycles. The van der Waals surface area contributed by atoms with Crippen molar-refractivity contribution in [2.24, 2.45) is 4.99 Å². The van der Waals surface area contributed by atoms with Crippen molar-refractivity contribution in [2.75, 3.05) is 20.8 Å². The van der Waals surface area contributed by atoms with E-state index in [9.17, 15) is 4.79 Å². The third-order valence-electron chi connectivity index (χ3n) is 2.94. The first kappa shape index (κ1) is 14.1. The second kappa shape index (κ2) is 6.25. The maximum Gasteiger partial charge on any atom is 0.265 e. The minimum atomic E-state index is -0.758. The molecule has 0 aromatic heterocycles. The molecule has 7 heteroatoms. The summed E-state index contributed by atoms with van der Waals surface area (Å²) >= 11 is 0. The summed E-state index contributed by atoms with van der Waals surface area (Å²) in [6.07, 6.45) is 0.483. The first-order valence-corrected chi connectivity index (χ1v) is 6.12. The normalized spacial score (nSPS) is 17.9. The SMILES string of the molecule is COc1ccc(CC2=NC(CO)C(=O)NN2)cc1OC. The highest BCUT2D eigenvalue weighted by Crippen LogP contribution is 2.27. The highest BCUT2D eigenvalue weighted by molar-refractivity contribution is 5.94. The Morgan fingerprint density at radius 2 is 2.00 bits per heavy atom. The van der Waals surface area contributed by atoms with Crippen LogP contribution in [-0.4, -0.2) is 43.7 Å². The van der Waals surface area contributed by atoms with E-state index in [-0.39, 0.29) is 12.5 Å². The third-order valence-corrected chi connectivity index (χ3v) is 2.94. The predicted octanol–water partition coefficient (Wildman–Crippen LogP) is -0.360. The molecule has 20 heavy (non-hydrogen) atoms. The van der Waals surface area contributed by atoms with Crippen molar-refractivity contribution in [1.82, 2.24) is 10.9 Å². The number of hydrazine groups is 1. The van der Waals surface area contributed by atoms with Gasteiger partial charge in [0.25, 0.3) is 5.91 Å². The van der Waals surface area contributed by atoms with E-state index in [2.05, 4.69) is 15.8 Å². The van der Waals surface area contributed by atoms with E-state index in [1.165, 1.54) is 0 Å². The zero-order valence-electron chi connectivity index (χ0n) is 11.3. The summed E-state index contributed by atoms with van der Waals surface area (Å²) in [5.74, 6) is 1.51. The van der Waals surface area contributed by atoms with Crippen molar-refractivity contribution in [1.29, 1.82) is 0 Å². The van der Waals surface area contributed by atoms with Crippen molar-refractivity contribution in [3.63, 3.8) is 0 Å². The number of aliphatic hydroxyl groups excluding tert-OH is 1. The van der Waals surface area contributed by atoms with Crippen LogP contribution in [0.4, 0.5) is 0 Å². The van der Waals surface area contributed by atoms with Crippen LogP contribution in [0.25, 0.3) is 0 Å².